The van der Waals surface area contributed by atoms with Crippen LogP contribution in [0.4, 0.5) is 5.69 Å². The predicted octanol–water partition coefficient (Wildman–Crippen LogP) is 4.32. The summed E-state index contributed by atoms with van der Waals surface area (Å²) in [5, 5.41) is 2.80. The number of benzene rings is 2. The van der Waals surface area contributed by atoms with E-state index in [0.717, 1.165) is 0 Å². The van der Waals surface area contributed by atoms with Crippen molar-refractivity contribution in [1.29, 1.82) is 0 Å². The number of carbonyl (C=O) groups excluding carboxylic acids is 3. The molecular formula is C24H24N2O5. The highest BCUT2D eigenvalue weighted by Gasteiger charge is 2.23. The first-order valence-electron chi connectivity index (χ1n) is 9.90. The lowest BCUT2D eigenvalue weighted by molar-refractivity contribution is 0.0519. The molecule has 3 aromatic rings. The summed E-state index contributed by atoms with van der Waals surface area (Å²) in [5.74, 6) is -0.861. The lowest BCUT2D eigenvalue weighted by Crippen LogP contribution is -2.17. The maximum atomic E-state index is 12.8. The van der Waals surface area contributed by atoms with Gasteiger partial charge in [-0.05, 0) is 50.6 Å². The zero-order valence-corrected chi connectivity index (χ0v) is 17.7. The van der Waals surface area contributed by atoms with Crippen LogP contribution in [0.15, 0.2) is 54.6 Å². The molecule has 0 unspecified atom stereocenters. The van der Waals surface area contributed by atoms with Gasteiger partial charge >= 0.3 is 5.97 Å². The minimum atomic E-state index is -0.508. The van der Waals surface area contributed by atoms with Crippen molar-refractivity contribution in [2.75, 3.05) is 18.5 Å². The molecule has 1 aromatic heterocycles. The Kier molecular flexibility index (Phi) is 6.87. The lowest BCUT2D eigenvalue weighted by atomic mass is 10.1. The van der Waals surface area contributed by atoms with Crippen molar-refractivity contribution < 1.29 is 23.9 Å². The van der Waals surface area contributed by atoms with Gasteiger partial charge in [0.2, 0.25) is 5.78 Å². The van der Waals surface area contributed by atoms with E-state index in [0.29, 0.717) is 33.8 Å². The molecule has 1 heterocycles. The standard InChI is InChI=1S/C24H24N2O5/c1-4-30-24(29)22-15(2)21(16(3)25-22)19(27)14-31-20-13-9-8-12-18(20)23(28)26-17-10-6-5-7-11-17/h5-13,25H,4,14H2,1-3H3,(H,26,28). The number of hydrogen-bond acceptors (Lipinski definition) is 5. The molecule has 0 radical (unpaired) electrons. The fourth-order valence-corrected chi connectivity index (χ4v) is 3.29. The SMILES string of the molecule is CCOC(=O)c1[nH]c(C)c(C(=O)COc2ccccc2C(=O)Nc2ccccc2)c1C. The zero-order chi connectivity index (χ0) is 22.4. The maximum Gasteiger partial charge on any atom is 0.355 e. The average Bonchev–Trinajstić information content (AvgIpc) is 3.07. The Morgan fingerprint density at radius 2 is 1.65 bits per heavy atom. The smallest absolute Gasteiger partial charge is 0.355 e. The van der Waals surface area contributed by atoms with E-state index in [4.69, 9.17) is 9.47 Å². The number of rotatable bonds is 8. The van der Waals surface area contributed by atoms with Gasteiger partial charge in [-0.15, -0.1) is 0 Å². The number of aromatic nitrogens is 1. The van der Waals surface area contributed by atoms with Crippen LogP contribution in [0.5, 0.6) is 5.75 Å². The summed E-state index contributed by atoms with van der Waals surface area (Å²) in [6, 6.07) is 15.8. The molecule has 2 aromatic carbocycles. The molecule has 0 spiro atoms. The normalized spacial score (nSPS) is 10.4. The number of esters is 1. The van der Waals surface area contributed by atoms with E-state index in [1.54, 1.807) is 57.2 Å². The summed E-state index contributed by atoms with van der Waals surface area (Å²) in [6.07, 6.45) is 0. The maximum absolute atomic E-state index is 12.8. The van der Waals surface area contributed by atoms with Crippen molar-refractivity contribution in [3.63, 3.8) is 0 Å². The first kappa shape index (κ1) is 21.8. The lowest BCUT2D eigenvalue weighted by Gasteiger charge is -2.12. The molecule has 0 fully saturated rings. The van der Waals surface area contributed by atoms with E-state index in [2.05, 4.69) is 10.3 Å². The molecule has 7 heteroatoms. The molecule has 0 bridgehead atoms. The Labute approximate surface area is 180 Å². The molecule has 1 amide bonds. The number of carbonyl (C=O) groups is 3. The van der Waals surface area contributed by atoms with Crippen LogP contribution in [-0.4, -0.2) is 35.9 Å². The summed E-state index contributed by atoms with van der Waals surface area (Å²) in [6.45, 7) is 5.07. The van der Waals surface area contributed by atoms with Gasteiger partial charge < -0.3 is 19.8 Å². The third kappa shape index (κ3) is 5.01. The second-order valence-electron chi connectivity index (χ2n) is 6.87. The van der Waals surface area contributed by atoms with Crippen molar-refractivity contribution >= 4 is 23.3 Å². The van der Waals surface area contributed by atoms with Crippen molar-refractivity contribution in [2.45, 2.75) is 20.8 Å². The number of aryl methyl sites for hydroxylation is 1. The van der Waals surface area contributed by atoms with Gasteiger partial charge in [-0.1, -0.05) is 30.3 Å². The molecule has 0 saturated carbocycles. The predicted molar refractivity (Wildman–Crippen MR) is 117 cm³/mol. The van der Waals surface area contributed by atoms with Crippen LogP contribution in [0.3, 0.4) is 0 Å². The highest BCUT2D eigenvalue weighted by atomic mass is 16.5. The quantitative estimate of drug-likeness (QED) is 0.418. The van der Waals surface area contributed by atoms with Crippen molar-refractivity contribution in [2.24, 2.45) is 0 Å². The van der Waals surface area contributed by atoms with E-state index >= 15 is 0 Å². The van der Waals surface area contributed by atoms with Gasteiger partial charge in [-0.2, -0.15) is 0 Å². The van der Waals surface area contributed by atoms with E-state index < -0.39 is 5.97 Å². The van der Waals surface area contributed by atoms with Crippen LogP contribution < -0.4 is 10.1 Å². The second kappa shape index (κ2) is 9.75. The second-order valence-corrected chi connectivity index (χ2v) is 6.87. The van der Waals surface area contributed by atoms with E-state index in [-0.39, 0.29) is 30.6 Å². The molecule has 2 N–H and O–H groups in total. The van der Waals surface area contributed by atoms with Gasteiger partial charge in [0.05, 0.1) is 12.2 Å². The van der Waals surface area contributed by atoms with Crippen LogP contribution >= 0.6 is 0 Å². The number of ketones is 1. The van der Waals surface area contributed by atoms with Crippen LogP contribution in [0.2, 0.25) is 0 Å². The average molecular weight is 420 g/mol. The number of ether oxygens (including phenoxy) is 2. The van der Waals surface area contributed by atoms with E-state index in [9.17, 15) is 14.4 Å². The number of para-hydroxylation sites is 2. The largest absolute Gasteiger partial charge is 0.485 e. The summed E-state index contributed by atoms with van der Waals surface area (Å²) in [5.41, 5.74) is 2.68. The summed E-state index contributed by atoms with van der Waals surface area (Å²) in [7, 11) is 0. The number of Topliss-reactive ketones (excluding diaryl/α,β-unsaturated/α-hetero) is 1. The Balaban J connectivity index is 1.74. The van der Waals surface area contributed by atoms with Gasteiger partial charge in [0.25, 0.3) is 5.91 Å². The molecule has 0 aliphatic carbocycles. The number of amides is 1. The van der Waals surface area contributed by atoms with Crippen LogP contribution in [0, 0.1) is 13.8 Å². The third-order valence-electron chi connectivity index (χ3n) is 4.72. The van der Waals surface area contributed by atoms with Gasteiger partial charge in [-0.3, -0.25) is 9.59 Å². The fourth-order valence-electron chi connectivity index (χ4n) is 3.29. The van der Waals surface area contributed by atoms with Gasteiger partial charge in [0.1, 0.15) is 11.4 Å². The van der Waals surface area contributed by atoms with Gasteiger partial charge in [0.15, 0.2) is 6.61 Å². The molecule has 160 valence electrons. The highest BCUT2D eigenvalue weighted by molar-refractivity contribution is 6.06. The molecule has 3 rings (SSSR count). The Bertz CT molecular complexity index is 1100. The molecule has 7 nitrogen and oxygen atoms in total. The zero-order valence-electron chi connectivity index (χ0n) is 17.7. The van der Waals surface area contributed by atoms with Crippen LogP contribution in [0.25, 0.3) is 0 Å². The minimum absolute atomic E-state index is 0.241. The molecular weight excluding hydrogens is 396 g/mol. The van der Waals surface area contributed by atoms with Crippen molar-refractivity contribution in [3.8, 4) is 5.75 Å². The number of aromatic amines is 1. The number of nitrogens with one attached hydrogen (secondary N) is 2. The first-order chi connectivity index (χ1) is 14.9. The number of hydrogen-bond donors (Lipinski definition) is 2. The summed E-state index contributed by atoms with van der Waals surface area (Å²) in [4.78, 5) is 40.5. The Morgan fingerprint density at radius 3 is 2.35 bits per heavy atom. The van der Waals surface area contributed by atoms with Crippen LogP contribution in [0.1, 0.15) is 49.4 Å². The molecule has 31 heavy (non-hydrogen) atoms. The van der Waals surface area contributed by atoms with E-state index in [1.807, 2.05) is 18.2 Å². The summed E-state index contributed by atoms with van der Waals surface area (Å²) >= 11 is 0. The molecule has 0 aliphatic rings. The highest BCUT2D eigenvalue weighted by Crippen LogP contribution is 2.22. The third-order valence-corrected chi connectivity index (χ3v) is 4.72. The molecule has 0 atom stereocenters. The fraction of sp³-hybridized carbons (Fsp3) is 0.208. The topological polar surface area (TPSA) is 97.5 Å². The van der Waals surface area contributed by atoms with E-state index in [1.165, 1.54) is 0 Å². The first-order valence-corrected chi connectivity index (χ1v) is 9.90. The number of H-pyrrole nitrogens is 1. The Hall–Kier alpha value is -3.87. The van der Waals surface area contributed by atoms with Gasteiger partial charge in [0, 0.05) is 16.9 Å². The monoisotopic (exact) mass is 420 g/mol. The minimum Gasteiger partial charge on any atom is -0.485 e. The summed E-state index contributed by atoms with van der Waals surface area (Å²) < 4.78 is 10.7. The van der Waals surface area contributed by atoms with Crippen molar-refractivity contribution in [1.82, 2.24) is 4.98 Å². The molecule has 0 saturated heterocycles. The van der Waals surface area contributed by atoms with Gasteiger partial charge in [-0.25, -0.2) is 4.79 Å². The molecule has 0 aliphatic heterocycles. The Morgan fingerprint density at radius 1 is 0.968 bits per heavy atom. The van der Waals surface area contributed by atoms with Crippen molar-refractivity contribution in [3.05, 3.63) is 82.7 Å². The van der Waals surface area contributed by atoms with Crippen LogP contribution in [-0.2, 0) is 4.74 Å². The number of anilines is 1.